The van der Waals surface area contributed by atoms with Crippen LogP contribution in [0.2, 0.25) is 0 Å². The van der Waals surface area contributed by atoms with Crippen LogP contribution in [0.15, 0.2) is 0 Å². The molecule has 2 rings (SSSR count). The number of carbonyl (C=O) groups excluding carboxylic acids is 1. The second-order valence-electron chi connectivity index (χ2n) is 6.32. The summed E-state index contributed by atoms with van der Waals surface area (Å²) in [5.74, 6) is 1.07. The molecule has 0 bridgehead atoms. The fourth-order valence-electron chi connectivity index (χ4n) is 3.18. The van der Waals surface area contributed by atoms with Crippen molar-refractivity contribution in [1.29, 1.82) is 0 Å². The first-order valence-corrected chi connectivity index (χ1v) is 7.04. The zero-order valence-electron chi connectivity index (χ0n) is 11.2. The van der Waals surface area contributed by atoms with Gasteiger partial charge in [0.05, 0.1) is 5.92 Å². The second kappa shape index (κ2) is 4.97. The van der Waals surface area contributed by atoms with Gasteiger partial charge in [-0.15, -0.1) is 0 Å². The predicted molar refractivity (Wildman–Crippen MR) is 69.5 cm³/mol. The highest BCUT2D eigenvalue weighted by molar-refractivity contribution is 5.80. The van der Waals surface area contributed by atoms with Crippen LogP contribution in [-0.4, -0.2) is 29.9 Å². The molecule has 2 saturated carbocycles. The van der Waals surface area contributed by atoms with E-state index >= 15 is 0 Å². The number of amides is 1. The maximum absolute atomic E-state index is 12.4. The highest BCUT2D eigenvalue weighted by Gasteiger charge is 2.39. The molecule has 98 valence electrons. The third kappa shape index (κ3) is 2.82. The van der Waals surface area contributed by atoms with Gasteiger partial charge in [0.15, 0.2) is 0 Å². The van der Waals surface area contributed by atoms with E-state index in [4.69, 9.17) is 5.73 Å². The van der Waals surface area contributed by atoms with Crippen molar-refractivity contribution in [3.8, 4) is 0 Å². The normalized spacial score (nSPS) is 34.2. The van der Waals surface area contributed by atoms with Crippen LogP contribution in [0.1, 0.15) is 51.9 Å². The Morgan fingerprint density at radius 3 is 2.53 bits per heavy atom. The summed E-state index contributed by atoms with van der Waals surface area (Å²) in [7, 11) is 1.95. The van der Waals surface area contributed by atoms with E-state index in [1.807, 2.05) is 18.9 Å². The Bertz CT molecular complexity index is 284. The first-order chi connectivity index (χ1) is 8.00. The van der Waals surface area contributed by atoms with Crippen LogP contribution in [0.5, 0.6) is 0 Å². The summed E-state index contributed by atoms with van der Waals surface area (Å²) in [6, 6.07) is 0. The van der Waals surface area contributed by atoms with Gasteiger partial charge < -0.3 is 10.6 Å². The van der Waals surface area contributed by atoms with Gasteiger partial charge in [-0.1, -0.05) is 19.3 Å². The summed E-state index contributed by atoms with van der Waals surface area (Å²) in [5, 5.41) is 0. The molecule has 2 aliphatic rings. The molecular weight excluding hydrogens is 212 g/mol. The highest BCUT2D eigenvalue weighted by atomic mass is 16.2. The van der Waals surface area contributed by atoms with Gasteiger partial charge in [-0.2, -0.15) is 0 Å². The minimum atomic E-state index is -0.288. The molecule has 17 heavy (non-hydrogen) atoms. The van der Waals surface area contributed by atoms with Crippen LogP contribution in [0.4, 0.5) is 0 Å². The van der Waals surface area contributed by atoms with Crippen LogP contribution in [-0.2, 0) is 4.79 Å². The molecule has 3 nitrogen and oxygen atoms in total. The van der Waals surface area contributed by atoms with E-state index in [1.54, 1.807) is 0 Å². The smallest absolute Gasteiger partial charge is 0.227 e. The first-order valence-electron chi connectivity index (χ1n) is 7.04. The topological polar surface area (TPSA) is 46.3 Å². The van der Waals surface area contributed by atoms with E-state index in [2.05, 4.69) is 0 Å². The average Bonchev–Trinajstić information content (AvgIpc) is 2.21. The molecule has 0 aliphatic heterocycles. The number of nitrogens with two attached hydrogens (primary N) is 1. The van der Waals surface area contributed by atoms with E-state index < -0.39 is 0 Å². The molecule has 2 atom stereocenters. The fraction of sp³-hybridized carbons (Fsp3) is 0.929. The molecular formula is C14H26N2O. The lowest BCUT2D eigenvalue weighted by atomic mass is 9.74. The van der Waals surface area contributed by atoms with Crippen LogP contribution in [0.25, 0.3) is 0 Å². The largest absolute Gasteiger partial charge is 0.345 e. The molecule has 1 amide bonds. The van der Waals surface area contributed by atoms with Crippen molar-refractivity contribution in [3.05, 3.63) is 0 Å². The summed E-state index contributed by atoms with van der Waals surface area (Å²) in [6.07, 6.45) is 8.21. The van der Waals surface area contributed by atoms with Crippen molar-refractivity contribution in [2.75, 3.05) is 13.6 Å². The summed E-state index contributed by atoms with van der Waals surface area (Å²) in [4.78, 5) is 14.4. The lowest BCUT2D eigenvalue weighted by molar-refractivity contribution is -0.138. The van der Waals surface area contributed by atoms with Gasteiger partial charge >= 0.3 is 0 Å². The van der Waals surface area contributed by atoms with Crippen LogP contribution in [0, 0.1) is 11.8 Å². The zero-order valence-corrected chi connectivity index (χ0v) is 11.2. The Morgan fingerprint density at radius 2 is 2.00 bits per heavy atom. The fourth-order valence-corrected chi connectivity index (χ4v) is 3.18. The summed E-state index contributed by atoms with van der Waals surface area (Å²) in [5.41, 5.74) is 6.00. The molecule has 0 radical (unpaired) electrons. The second-order valence-corrected chi connectivity index (χ2v) is 6.32. The van der Waals surface area contributed by atoms with Crippen molar-refractivity contribution < 1.29 is 4.79 Å². The molecule has 2 unspecified atom stereocenters. The van der Waals surface area contributed by atoms with E-state index in [9.17, 15) is 4.79 Å². The number of carbonyl (C=O) groups is 1. The Kier molecular flexibility index (Phi) is 3.76. The maximum atomic E-state index is 12.4. The lowest BCUT2D eigenvalue weighted by Gasteiger charge is -2.40. The molecule has 2 aliphatic carbocycles. The quantitative estimate of drug-likeness (QED) is 0.819. The number of hydrogen-bond donors (Lipinski definition) is 1. The molecule has 0 aromatic carbocycles. The third-order valence-corrected chi connectivity index (χ3v) is 4.69. The predicted octanol–water partition coefficient (Wildman–Crippen LogP) is 2.15. The van der Waals surface area contributed by atoms with Crippen LogP contribution < -0.4 is 5.73 Å². The molecule has 2 N–H and O–H groups in total. The minimum absolute atomic E-state index is 0.0429. The van der Waals surface area contributed by atoms with Gasteiger partial charge in [0.2, 0.25) is 5.91 Å². The maximum Gasteiger partial charge on any atom is 0.227 e. The molecule has 0 saturated heterocycles. The van der Waals surface area contributed by atoms with Crippen LogP contribution >= 0.6 is 0 Å². The van der Waals surface area contributed by atoms with E-state index in [1.165, 1.54) is 25.7 Å². The van der Waals surface area contributed by atoms with Crippen molar-refractivity contribution >= 4 is 5.91 Å². The summed E-state index contributed by atoms with van der Waals surface area (Å²) < 4.78 is 0. The zero-order chi connectivity index (χ0) is 12.5. The Labute approximate surface area is 105 Å². The van der Waals surface area contributed by atoms with Gasteiger partial charge in [-0.3, -0.25) is 4.79 Å². The Hall–Kier alpha value is -0.570. The summed E-state index contributed by atoms with van der Waals surface area (Å²) in [6.45, 7) is 2.98. The van der Waals surface area contributed by atoms with Crippen molar-refractivity contribution in [1.82, 2.24) is 4.90 Å². The molecule has 0 aromatic heterocycles. The van der Waals surface area contributed by atoms with Crippen LogP contribution in [0.3, 0.4) is 0 Å². The monoisotopic (exact) mass is 238 g/mol. The van der Waals surface area contributed by atoms with Gasteiger partial charge in [0.25, 0.3) is 0 Å². The van der Waals surface area contributed by atoms with Gasteiger partial charge in [-0.05, 0) is 38.5 Å². The minimum Gasteiger partial charge on any atom is -0.345 e. The van der Waals surface area contributed by atoms with Crippen molar-refractivity contribution in [3.63, 3.8) is 0 Å². The van der Waals surface area contributed by atoms with Crippen molar-refractivity contribution in [2.24, 2.45) is 17.6 Å². The Balaban J connectivity index is 1.92. The molecule has 0 aromatic rings. The molecule has 0 heterocycles. The van der Waals surface area contributed by atoms with Gasteiger partial charge in [0.1, 0.15) is 0 Å². The lowest BCUT2D eigenvalue weighted by Crippen LogP contribution is -2.53. The van der Waals surface area contributed by atoms with E-state index in [0.29, 0.717) is 0 Å². The van der Waals surface area contributed by atoms with E-state index in [0.717, 1.165) is 31.7 Å². The van der Waals surface area contributed by atoms with Gasteiger partial charge in [-0.25, -0.2) is 0 Å². The standard InChI is InChI=1S/C14H26N2O/c1-14(15)9-4-3-8-12(14)13(17)16(2)10-11-6-5-7-11/h11-12H,3-10,15H2,1-2H3. The third-order valence-electron chi connectivity index (χ3n) is 4.69. The van der Waals surface area contributed by atoms with Gasteiger partial charge in [0, 0.05) is 19.1 Å². The average molecular weight is 238 g/mol. The molecule has 2 fully saturated rings. The highest BCUT2D eigenvalue weighted by Crippen LogP contribution is 2.33. The number of rotatable bonds is 3. The Morgan fingerprint density at radius 1 is 1.29 bits per heavy atom. The molecule has 3 heteroatoms. The number of nitrogens with zero attached hydrogens (tertiary/aromatic N) is 1. The van der Waals surface area contributed by atoms with E-state index in [-0.39, 0.29) is 17.4 Å². The molecule has 0 spiro atoms. The number of hydrogen-bond acceptors (Lipinski definition) is 2. The van der Waals surface area contributed by atoms with Crippen molar-refractivity contribution in [2.45, 2.75) is 57.4 Å². The first kappa shape index (κ1) is 12.9. The summed E-state index contributed by atoms with van der Waals surface area (Å²) >= 11 is 0. The SMILES string of the molecule is CN(CC1CCC1)C(=O)C1CCCCC1(C)N.